The molecular weight excluding hydrogens is 475 g/mol. The maximum absolute atomic E-state index is 13.3. The van der Waals surface area contributed by atoms with Crippen molar-refractivity contribution >= 4 is 28.2 Å². The predicted octanol–water partition coefficient (Wildman–Crippen LogP) is 5.93. The summed E-state index contributed by atoms with van der Waals surface area (Å²) in [5.41, 5.74) is 2.71. The van der Waals surface area contributed by atoms with Crippen molar-refractivity contribution in [3.05, 3.63) is 115 Å². The van der Waals surface area contributed by atoms with Gasteiger partial charge in [0.2, 0.25) is 0 Å². The van der Waals surface area contributed by atoms with E-state index in [4.69, 9.17) is 21.4 Å². The van der Waals surface area contributed by atoms with Crippen LogP contribution in [-0.2, 0) is 6.54 Å². The lowest BCUT2D eigenvalue weighted by Crippen LogP contribution is -2.44. The summed E-state index contributed by atoms with van der Waals surface area (Å²) in [6.45, 7) is 2.53. The molecule has 0 unspecified atom stereocenters. The lowest BCUT2D eigenvalue weighted by atomic mass is 10.0. The monoisotopic (exact) mass is 500 g/mol. The number of hydrogen-bond acceptors (Lipinski definition) is 4. The second-order valence-corrected chi connectivity index (χ2v) is 8.81. The summed E-state index contributed by atoms with van der Waals surface area (Å²) in [6, 6.07) is 25.7. The molecule has 182 valence electrons. The number of fused-ring (bicyclic) bond motifs is 1. The van der Waals surface area contributed by atoms with Crippen molar-refractivity contribution in [1.82, 2.24) is 20.4 Å². The minimum Gasteiger partial charge on any atom is -0.484 e. The first kappa shape index (κ1) is 23.6. The van der Waals surface area contributed by atoms with Gasteiger partial charge in [-0.25, -0.2) is 9.07 Å². The molecule has 2 N–H and O–H groups in total. The van der Waals surface area contributed by atoms with E-state index in [-0.39, 0.29) is 18.0 Å². The van der Waals surface area contributed by atoms with Crippen molar-refractivity contribution in [2.24, 2.45) is 0 Å². The maximum atomic E-state index is 13.3. The largest absolute Gasteiger partial charge is 0.484 e. The Balaban J connectivity index is 1.34. The maximum Gasteiger partial charge on any atom is 0.167 e. The van der Waals surface area contributed by atoms with Crippen molar-refractivity contribution in [2.75, 3.05) is 0 Å². The van der Waals surface area contributed by atoms with Gasteiger partial charge in [-0.15, -0.1) is 0 Å². The lowest BCUT2D eigenvalue weighted by Gasteiger charge is -2.27. The fourth-order valence-corrected chi connectivity index (χ4v) is 4.29. The normalized spacial score (nSPS) is 12.7. The summed E-state index contributed by atoms with van der Waals surface area (Å²) in [7, 11) is 0. The second-order valence-electron chi connectivity index (χ2n) is 8.40. The van der Waals surface area contributed by atoms with Crippen LogP contribution < -0.4 is 15.4 Å². The Morgan fingerprint density at radius 3 is 2.61 bits per heavy atom. The third-order valence-corrected chi connectivity index (χ3v) is 6.08. The predicted molar refractivity (Wildman–Crippen MR) is 142 cm³/mol. The molecule has 2 heterocycles. The van der Waals surface area contributed by atoms with E-state index in [0.29, 0.717) is 17.4 Å². The van der Waals surface area contributed by atoms with Crippen molar-refractivity contribution in [3.8, 4) is 11.4 Å². The Morgan fingerprint density at radius 2 is 1.86 bits per heavy atom. The fraction of sp³-hybridized carbons (Fsp3) is 0.143. The quantitative estimate of drug-likeness (QED) is 0.258. The number of aromatic nitrogens is 2. The highest BCUT2D eigenvalue weighted by Crippen LogP contribution is 2.29. The van der Waals surface area contributed by atoms with Crippen LogP contribution in [0.5, 0.6) is 5.75 Å². The van der Waals surface area contributed by atoms with Crippen LogP contribution in [-0.4, -0.2) is 20.9 Å². The van der Waals surface area contributed by atoms with Gasteiger partial charge < -0.3 is 19.8 Å². The van der Waals surface area contributed by atoms with Crippen LogP contribution in [0.3, 0.4) is 0 Å². The van der Waals surface area contributed by atoms with Crippen LogP contribution in [0.15, 0.2) is 102 Å². The van der Waals surface area contributed by atoms with Crippen LogP contribution in [0.2, 0.25) is 0 Å². The van der Waals surface area contributed by atoms with Gasteiger partial charge in [0, 0.05) is 5.39 Å². The lowest BCUT2D eigenvalue weighted by molar-refractivity contribution is 0.172. The van der Waals surface area contributed by atoms with Gasteiger partial charge in [0.05, 0.1) is 36.3 Å². The molecule has 3 aromatic carbocycles. The average Bonchev–Trinajstić information content (AvgIpc) is 3.57. The van der Waals surface area contributed by atoms with Crippen molar-refractivity contribution in [3.63, 3.8) is 0 Å². The van der Waals surface area contributed by atoms with Gasteiger partial charge in [-0.2, -0.15) is 5.10 Å². The van der Waals surface area contributed by atoms with E-state index in [2.05, 4.69) is 15.7 Å². The molecule has 0 aliphatic carbocycles. The van der Waals surface area contributed by atoms with Gasteiger partial charge in [-0.3, -0.25) is 0 Å². The number of nitrogens with zero attached hydrogens (tertiary/aromatic N) is 2. The first-order chi connectivity index (χ1) is 17.6. The van der Waals surface area contributed by atoms with Crippen LogP contribution in [0.4, 0.5) is 4.39 Å². The number of benzene rings is 3. The van der Waals surface area contributed by atoms with Gasteiger partial charge in [0.1, 0.15) is 23.4 Å². The molecule has 5 aromatic rings. The summed E-state index contributed by atoms with van der Waals surface area (Å²) in [5, 5.41) is 12.4. The molecule has 0 saturated heterocycles. The minimum atomic E-state index is -0.306. The zero-order valence-electron chi connectivity index (χ0n) is 19.6. The van der Waals surface area contributed by atoms with Gasteiger partial charge in [0.25, 0.3) is 0 Å². The summed E-state index contributed by atoms with van der Waals surface area (Å²) in [6.07, 6.45) is 3.10. The molecule has 6 nitrogen and oxygen atoms in total. The molecule has 0 aliphatic rings. The molecular formula is C28H25FN4O2S. The Hall–Kier alpha value is -4.17. The summed E-state index contributed by atoms with van der Waals surface area (Å²) < 4.78 is 27.0. The Labute approximate surface area is 213 Å². The third-order valence-electron chi connectivity index (χ3n) is 5.82. The third kappa shape index (κ3) is 5.39. The summed E-state index contributed by atoms with van der Waals surface area (Å²) in [4.78, 5) is 0. The van der Waals surface area contributed by atoms with Crippen LogP contribution in [0, 0.1) is 5.82 Å². The number of nitrogens with one attached hydrogen (secondary N) is 2. The van der Waals surface area contributed by atoms with E-state index >= 15 is 0 Å². The first-order valence-electron chi connectivity index (χ1n) is 11.6. The fourth-order valence-electron chi connectivity index (χ4n) is 4.03. The minimum absolute atomic E-state index is 0.137. The van der Waals surface area contributed by atoms with Crippen molar-refractivity contribution < 1.29 is 13.5 Å². The van der Waals surface area contributed by atoms with E-state index in [1.165, 1.54) is 12.1 Å². The number of rotatable bonds is 8. The SMILES string of the molecule is C[C@H](NC(=S)NCc1ccco1)[C@H](Oc1ccc2c(cnn2-c2ccc(F)cc2)c1)c1ccccc1. The molecule has 0 fully saturated rings. The Morgan fingerprint density at radius 1 is 1.06 bits per heavy atom. The smallest absolute Gasteiger partial charge is 0.167 e. The highest BCUT2D eigenvalue weighted by atomic mass is 32.1. The molecule has 0 saturated carbocycles. The van der Waals surface area contributed by atoms with Gasteiger partial charge >= 0.3 is 0 Å². The molecule has 8 heteroatoms. The Kier molecular flexibility index (Phi) is 6.95. The standard InChI is InChI=1S/C28H25FN4O2S/c1-19(32-28(36)30-18-25-8-5-15-34-25)27(20-6-3-2-4-7-20)35-24-13-14-26-21(16-24)17-31-33(26)23-11-9-22(29)10-12-23/h2-17,19,27H,18H2,1H3,(H2,30,32,36)/t19-,27-/m0/s1. The second kappa shape index (κ2) is 10.6. The van der Waals surface area contributed by atoms with Crippen LogP contribution >= 0.6 is 12.2 Å². The molecule has 2 aromatic heterocycles. The van der Waals surface area contributed by atoms with Gasteiger partial charge in [0.15, 0.2) is 5.11 Å². The zero-order valence-corrected chi connectivity index (χ0v) is 20.4. The van der Waals surface area contributed by atoms with Crippen LogP contribution in [0.1, 0.15) is 24.4 Å². The highest BCUT2D eigenvalue weighted by Gasteiger charge is 2.22. The van der Waals surface area contributed by atoms with E-state index in [9.17, 15) is 4.39 Å². The van der Waals surface area contributed by atoms with E-state index in [0.717, 1.165) is 27.9 Å². The number of ether oxygens (including phenoxy) is 1. The molecule has 0 radical (unpaired) electrons. The molecule has 36 heavy (non-hydrogen) atoms. The van der Waals surface area contributed by atoms with Crippen molar-refractivity contribution in [2.45, 2.75) is 25.6 Å². The van der Waals surface area contributed by atoms with Crippen LogP contribution in [0.25, 0.3) is 16.6 Å². The van der Waals surface area contributed by atoms with E-state index in [1.807, 2.05) is 67.6 Å². The van der Waals surface area contributed by atoms with Gasteiger partial charge in [-0.1, -0.05) is 30.3 Å². The molecule has 5 rings (SSSR count). The van der Waals surface area contributed by atoms with E-state index in [1.54, 1.807) is 29.3 Å². The molecule has 2 atom stereocenters. The van der Waals surface area contributed by atoms with Crippen molar-refractivity contribution in [1.29, 1.82) is 0 Å². The first-order valence-corrected chi connectivity index (χ1v) is 12.0. The van der Waals surface area contributed by atoms with Gasteiger partial charge in [-0.05, 0) is 79.3 Å². The molecule has 0 spiro atoms. The summed E-state index contributed by atoms with van der Waals surface area (Å²) in [5.74, 6) is 1.23. The van der Waals surface area contributed by atoms with E-state index < -0.39 is 0 Å². The average molecular weight is 501 g/mol. The number of thiocarbonyl (C=S) groups is 1. The zero-order chi connectivity index (χ0) is 24.9. The number of halogens is 1. The molecule has 0 aliphatic heterocycles. The Bertz CT molecular complexity index is 1440. The molecule has 0 bridgehead atoms. The topological polar surface area (TPSA) is 64.2 Å². The number of furan rings is 1. The number of hydrogen-bond donors (Lipinski definition) is 2. The highest BCUT2D eigenvalue weighted by molar-refractivity contribution is 7.80. The molecule has 0 amide bonds. The summed E-state index contributed by atoms with van der Waals surface area (Å²) >= 11 is 5.50.